The van der Waals surface area contributed by atoms with E-state index in [2.05, 4.69) is 10.6 Å². The van der Waals surface area contributed by atoms with Crippen LogP contribution < -0.4 is 10.6 Å². The molecule has 0 aliphatic heterocycles. The predicted molar refractivity (Wildman–Crippen MR) is 108 cm³/mol. The van der Waals surface area contributed by atoms with Gasteiger partial charge < -0.3 is 10.6 Å². The normalized spacial score (nSPS) is 11.5. The van der Waals surface area contributed by atoms with Crippen molar-refractivity contribution in [1.29, 1.82) is 0 Å². The fourth-order valence-electron chi connectivity index (χ4n) is 2.65. The van der Waals surface area contributed by atoms with Crippen LogP contribution in [0, 0.1) is 0 Å². The van der Waals surface area contributed by atoms with Crippen molar-refractivity contribution in [3.8, 4) is 0 Å². The Balaban J connectivity index is 1.68. The molecule has 2 amide bonds. The maximum atomic E-state index is 12.5. The molecule has 0 saturated heterocycles. The van der Waals surface area contributed by atoms with E-state index in [4.69, 9.17) is 11.6 Å². The molecular formula is C22H19ClN2O2. The molecular weight excluding hydrogens is 360 g/mol. The molecule has 4 nitrogen and oxygen atoms in total. The Hall–Kier alpha value is -3.11. The summed E-state index contributed by atoms with van der Waals surface area (Å²) in [5, 5.41) is 6.33. The molecule has 2 N–H and O–H groups in total. The van der Waals surface area contributed by atoms with Gasteiger partial charge in [-0.3, -0.25) is 9.59 Å². The van der Waals surface area contributed by atoms with Crippen LogP contribution in [0.4, 0.5) is 5.69 Å². The van der Waals surface area contributed by atoms with Gasteiger partial charge in [-0.25, -0.2) is 0 Å². The molecule has 1 unspecified atom stereocenters. The number of hydrogen-bond donors (Lipinski definition) is 2. The second kappa shape index (κ2) is 8.52. The summed E-state index contributed by atoms with van der Waals surface area (Å²) in [5.74, 6) is -0.462. The number of carbonyl (C=O) groups excluding carboxylic acids is 2. The van der Waals surface area contributed by atoms with Crippen molar-refractivity contribution < 1.29 is 9.59 Å². The zero-order chi connectivity index (χ0) is 19.2. The maximum Gasteiger partial charge on any atom is 0.255 e. The Morgan fingerprint density at radius 1 is 0.815 bits per heavy atom. The second-order valence-corrected chi connectivity index (χ2v) is 6.58. The standard InChI is InChI=1S/C22H19ClN2O2/c1-15(16-6-3-2-4-7-16)24-22(27)18-8-5-9-20(14-18)25-21(26)17-10-12-19(23)13-11-17/h2-15H,1H3,(H,24,27)(H,25,26). The van der Waals surface area contributed by atoms with Crippen molar-refractivity contribution in [1.82, 2.24) is 5.32 Å². The number of benzene rings is 3. The summed E-state index contributed by atoms with van der Waals surface area (Å²) in [7, 11) is 0. The van der Waals surface area contributed by atoms with Crippen LogP contribution in [0.2, 0.25) is 5.02 Å². The lowest BCUT2D eigenvalue weighted by Crippen LogP contribution is -2.26. The third kappa shape index (κ3) is 4.96. The number of rotatable bonds is 5. The average molecular weight is 379 g/mol. The number of nitrogens with one attached hydrogen (secondary N) is 2. The van der Waals surface area contributed by atoms with Gasteiger partial charge in [0.15, 0.2) is 0 Å². The molecule has 5 heteroatoms. The highest BCUT2D eigenvalue weighted by Gasteiger charge is 2.12. The summed E-state index contributed by atoms with van der Waals surface area (Å²) >= 11 is 5.84. The summed E-state index contributed by atoms with van der Waals surface area (Å²) in [5.41, 5.74) is 2.55. The molecule has 0 spiro atoms. The van der Waals surface area contributed by atoms with E-state index < -0.39 is 0 Å². The molecule has 3 aromatic carbocycles. The predicted octanol–water partition coefficient (Wildman–Crippen LogP) is 5.08. The molecule has 0 aliphatic rings. The molecule has 0 radical (unpaired) electrons. The lowest BCUT2D eigenvalue weighted by Gasteiger charge is -2.15. The molecule has 0 saturated carbocycles. The molecule has 3 aromatic rings. The Kier molecular flexibility index (Phi) is 5.89. The minimum Gasteiger partial charge on any atom is -0.346 e. The van der Waals surface area contributed by atoms with Crippen LogP contribution in [0.1, 0.15) is 39.2 Å². The van der Waals surface area contributed by atoms with Crippen LogP contribution in [0.3, 0.4) is 0 Å². The van der Waals surface area contributed by atoms with Gasteiger partial charge in [0.25, 0.3) is 11.8 Å². The van der Waals surface area contributed by atoms with E-state index in [0.717, 1.165) is 5.56 Å². The monoisotopic (exact) mass is 378 g/mol. The van der Waals surface area contributed by atoms with E-state index in [1.54, 1.807) is 48.5 Å². The second-order valence-electron chi connectivity index (χ2n) is 6.15. The lowest BCUT2D eigenvalue weighted by molar-refractivity contribution is 0.0938. The number of anilines is 1. The van der Waals surface area contributed by atoms with Crippen molar-refractivity contribution in [2.45, 2.75) is 13.0 Å². The van der Waals surface area contributed by atoms with E-state index >= 15 is 0 Å². The third-order valence-electron chi connectivity index (χ3n) is 4.14. The largest absolute Gasteiger partial charge is 0.346 e. The van der Waals surface area contributed by atoms with Crippen molar-refractivity contribution in [3.63, 3.8) is 0 Å². The molecule has 27 heavy (non-hydrogen) atoms. The maximum absolute atomic E-state index is 12.5. The van der Waals surface area contributed by atoms with Gasteiger partial charge in [-0.1, -0.05) is 48.0 Å². The van der Waals surface area contributed by atoms with Crippen LogP contribution in [-0.2, 0) is 0 Å². The van der Waals surface area contributed by atoms with E-state index in [9.17, 15) is 9.59 Å². The molecule has 1 atom stereocenters. The van der Waals surface area contributed by atoms with Crippen LogP contribution in [0.25, 0.3) is 0 Å². The molecule has 3 rings (SSSR count). The van der Waals surface area contributed by atoms with Gasteiger partial charge >= 0.3 is 0 Å². The summed E-state index contributed by atoms with van der Waals surface area (Å²) in [6.07, 6.45) is 0. The first-order valence-corrected chi connectivity index (χ1v) is 8.93. The van der Waals surface area contributed by atoms with Gasteiger partial charge in [0.1, 0.15) is 0 Å². The highest BCUT2D eigenvalue weighted by atomic mass is 35.5. The van der Waals surface area contributed by atoms with Crippen molar-refractivity contribution in [2.24, 2.45) is 0 Å². The first-order chi connectivity index (χ1) is 13.0. The number of amides is 2. The van der Waals surface area contributed by atoms with Crippen LogP contribution in [0.5, 0.6) is 0 Å². The van der Waals surface area contributed by atoms with Crippen molar-refractivity contribution in [2.75, 3.05) is 5.32 Å². The van der Waals surface area contributed by atoms with Gasteiger partial charge in [0.2, 0.25) is 0 Å². The summed E-state index contributed by atoms with van der Waals surface area (Å²) in [4.78, 5) is 24.8. The van der Waals surface area contributed by atoms with Crippen LogP contribution in [-0.4, -0.2) is 11.8 Å². The lowest BCUT2D eigenvalue weighted by atomic mass is 10.1. The first-order valence-electron chi connectivity index (χ1n) is 8.56. The van der Waals surface area contributed by atoms with Gasteiger partial charge in [-0.05, 0) is 55.0 Å². The first kappa shape index (κ1) is 18.7. The van der Waals surface area contributed by atoms with Crippen LogP contribution >= 0.6 is 11.6 Å². The Labute approximate surface area is 163 Å². The quantitative estimate of drug-likeness (QED) is 0.650. The van der Waals surface area contributed by atoms with Gasteiger partial charge in [-0.15, -0.1) is 0 Å². The van der Waals surface area contributed by atoms with Crippen molar-refractivity contribution in [3.05, 3.63) is 101 Å². The van der Waals surface area contributed by atoms with E-state index in [1.165, 1.54) is 0 Å². The molecule has 0 aliphatic carbocycles. The summed E-state index contributed by atoms with van der Waals surface area (Å²) < 4.78 is 0. The minimum absolute atomic E-state index is 0.119. The molecule has 136 valence electrons. The van der Waals surface area contributed by atoms with E-state index in [0.29, 0.717) is 21.8 Å². The Bertz CT molecular complexity index is 940. The third-order valence-corrected chi connectivity index (χ3v) is 4.39. The number of hydrogen-bond acceptors (Lipinski definition) is 2. The van der Waals surface area contributed by atoms with E-state index in [-0.39, 0.29) is 17.9 Å². The summed E-state index contributed by atoms with van der Waals surface area (Å²) in [6, 6.07) is 23.1. The topological polar surface area (TPSA) is 58.2 Å². The van der Waals surface area contributed by atoms with Gasteiger partial charge in [-0.2, -0.15) is 0 Å². The van der Waals surface area contributed by atoms with Gasteiger partial charge in [0.05, 0.1) is 6.04 Å². The minimum atomic E-state index is -0.262. The smallest absolute Gasteiger partial charge is 0.255 e. The number of carbonyl (C=O) groups is 2. The molecule has 0 fully saturated rings. The molecule has 0 bridgehead atoms. The SMILES string of the molecule is CC(NC(=O)c1cccc(NC(=O)c2ccc(Cl)cc2)c1)c1ccccc1. The van der Waals surface area contributed by atoms with Gasteiger partial charge in [0, 0.05) is 21.8 Å². The fourth-order valence-corrected chi connectivity index (χ4v) is 2.77. The van der Waals surface area contributed by atoms with Crippen LogP contribution in [0.15, 0.2) is 78.9 Å². The molecule has 0 aromatic heterocycles. The fraction of sp³-hybridized carbons (Fsp3) is 0.0909. The number of halogens is 1. The van der Waals surface area contributed by atoms with E-state index in [1.807, 2.05) is 37.3 Å². The Morgan fingerprint density at radius 2 is 1.52 bits per heavy atom. The average Bonchev–Trinajstić information content (AvgIpc) is 2.69. The summed E-state index contributed by atoms with van der Waals surface area (Å²) in [6.45, 7) is 1.93. The van der Waals surface area contributed by atoms with Crippen molar-refractivity contribution >= 4 is 29.1 Å². The zero-order valence-electron chi connectivity index (χ0n) is 14.8. The molecule has 0 heterocycles. The zero-order valence-corrected chi connectivity index (χ0v) is 15.5. The highest BCUT2D eigenvalue weighted by Crippen LogP contribution is 2.16. The highest BCUT2D eigenvalue weighted by molar-refractivity contribution is 6.30. The Morgan fingerprint density at radius 3 is 2.22 bits per heavy atom.